The average molecular weight is 249 g/mol. The molecule has 0 atom stereocenters. The van der Waals surface area contributed by atoms with Crippen LogP contribution in [0.3, 0.4) is 0 Å². The van der Waals surface area contributed by atoms with Crippen LogP contribution in [0.4, 0.5) is 0 Å². The molecule has 13 heavy (non-hydrogen) atoms. The molecule has 0 saturated carbocycles. The first kappa shape index (κ1) is 12.7. The molecule has 0 heterocycles. The third kappa shape index (κ3) is 9.61. The van der Waals surface area contributed by atoms with E-state index in [2.05, 4.69) is 22.5 Å². The van der Waals surface area contributed by atoms with Crippen LogP contribution in [0.25, 0.3) is 0 Å². The Balaban J connectivity index is 2.99. The van der Waals surface area contributed by atoms with Crippen LogP contribution in [0.5, 0.6) is 0 Å². The fourth-order valence-electron chi connectivity index (χ4n) is 0.959. The quantitative estimate of drug-likeness (QED) is 0.286. The van der Waals surface area contributed by atoms with Crippen LogP contribution in [0.2, 0.25) is 0 Å². The summed E-state index contributed by atoms with van der Waals surface area (Å²) < 4.78 is 4.83. The zero-order valence-electron chi connectivity index (χ0n) is 7.93. The molecule has 0 amide bonds. The van der Waals surface area contributed by atoms with Gasteiger partial charge in [0, 0.05) is 11.4 Å². The van der Waals surface area contributed by atoms with E-state index < -0.39 is 0 Å². The molecule has 0 aliphatic heterocycles. The molecule has 0 saturated heterocycles. The molecule has 2 nitrogen and oxygen atoms in total. The molecule has 0 spiro atoms. The van der Waals surface area contributed by atoms with Crippen molar-refractivity contribution in [3.63, 3.8) is 0 Å². The number of ether oxygens (including phenoxy) is 1. The first-order valence-electron chi connectivity index (χ1n) is 4.66. The third-order valence-electron chi connectivity index (χ3n) is 1.69. The van der Waals surface area contributed by atoms with E-state index in [4.69, 9.17) is 4.74 Å². The predicted molar refractivity (Wildman–Crippen MR) is 58.0 cm³/mol. The van der Waals surface area contributed by atoms with Crippen molar-refractivity contribution in [3.8, 4) is 0 Å². The highest BCUT2D eigenvalue weighted by Crippen LogP contribution is 2.04. The minimum absolute atomic E-state index is 0.319. The summed E-state index contributed by atoms with van der Waals surface area (Å²) in [6.07, 6.45) is 6.99. The number of halogens is 1. The Morgan fingerprint density at radius 3 is 2.46 bits per heavy atom. The van der Waals surface area contributed by atoms with Crippen LogP contribution < -0.4 is 0 Å². The normalized spacial score (nSPS) is 9.62. The van der Waals surface area contributed by atoms with Crippen LogP contribution in [0.15, 0.2) is 12.7 Å². The summed E-state index contributed by atoms with van der Waals surface area (Å²) in [7, 11) is 0. The van der Waals surface area contributed by atoms with Gasteiger partial charge in [0.05, 0.1) is 6.61 Å². The van der Waals surface area contributed by atoms with E-state index in [1.165, 1.54) is 25.3 Å². The maximum absolute atomic E-state index is 10.6. The van der Waals surface area contributed by atoms with Gasteiger partial charge in [-0.05, 0) is 12.8 Å². The van der Waals surface area contributed by atoms with Crippen LogP contribution in [-0.4, -0.2) is 17.9 Å². The van der Waals surface area contributed by atoms with Crippen LogP contribution in [0.1, 0.15) is 32.1 Å². The molecular weight excluding hydrogens is 232 g/mol. The largest absolute Gasteiger partial charge is 0.463 e. The molecular formula is C10H17BrO2. The Morgan fingerprint density at radius 2 is 1.85 bits per heavy atom. The highest BCUT2D eigenvalue weighted by molar-refractivity contribution is 9.09. The third-order valence-corrected chi connectivity index (χ3v) is 2.25. The number of hydrogen-bond donors (Lipinski definition) is 0. The van der Waals surface area contributed by atoms with E-state index in [9.17, 15) is 4.79 Å². The van der Waals surface area contributed by atoms with E-state index in [0.29, 0.717) is 6.61 Å². The van der Waals surface area contributed by atoms with Gasteiger partial charge in [-0.25, -0.2) is 4.79 Å². The summed E-state index contributed by atoms with van der Waals surface area (Å²) in [6, 6.07) is 0. The molecule has 0 radical (unpaired) electrons. The molecule has 0 aliphatic carbocycles. The van der Waals surface area contributed by atoms with Crippen LogP contribution in [-0.2, 0) is 9.53 Å². The van der Waals surface area contributed by atoms with Crippen LogP contribution >= 0.6 is 15.9 Å². The second-order valence-electron chi connectivity index (χ2n) is 2.83. The summed E-state index contributed by atoms with van der Waals surface area (Å²) in [5.41, 5.74) is 0. The highest BCUT2D eigenvalue weighted by Gasteiger charge is 1.94. The predicted octanol–water partition coefficient (Wildman–Crippen LogP) is 3.06. The highest BCUT2D eigenvalue weighted by atomic mass is 79.9. The molecule has 0 unspecified atom stereocenters. The second kappa shape index (κ2) is 9.78. The van der Waals surface area contributed by atoms with Gasteiger partial charge in [-0.1, -0.05) is 41.8 Å². The standard InChI is InChI=1S/C10H17BrO2/c1-2-10(12)13-9-7-5-3-4-6-8-11/h2H,1,3-9H2. The summed E-state index contributed by atoms with van der Waals surface area (Å²) in [5, 5.41) is 1.08. The zero-order chi connectivity index (χ0) is 9.94. The maximum atomic E-state index is 10.6. The maximum Gasteiger partial charge on any atom is 0.330 e. The van der Waals surface area contributed by atoms with Gasteiger partial charge in [0.1, 0.15) is 0 Å². The lowest BCUT2D eigenvalue weighted by molar-refractivity contribution is -0.137. The smallest absolute Gasteiger partial charge is 0.330 e. The topological polar surface area (TPSA) is 26.3 Å². The van der Waals surface area contributed by atoms with Gasteiger partial charge in [0.25, 0.3) is 0 Å². The average Bonchev–Trinajstić information content (AvgIpc) is 2.16. The molecule has 0 aliphatic rings. The lowest BCUT2D eigenvalue weighted by Crippen LogP contribution is -2.01. The van der Waals surface area contributed by atoms with Crippen molar-refractivity contribution in [3.05, 3.63) is 12.7 Å². The first-order valence-corrected chi connectivity index (χ1v) is 5.78. The van der Waals surface area contributed by atoms with E-state index in [1.54, 1.807) is 0 Å². The number of alkyl halides is 1. The SMILES string of the molecule is C=CC(=O)OCCCCCCCBr. The van der Waals surface area contributed by atoms with Crippen molar-refractivity contribution in [2.24, 2.45) is 0 Å². The Morgan fingerprint density at radius 1 is 1.23 bits per heavy atom. The van der Waals surface area contributed by atoms with Crippen molar-refractivity contribution >= 4 is 21.9 Å². The molecule has 0 N–H and O–H groups in total. The van der Waals surface area contributed by atoms with Crippen molar-refractivity contribution in [2.75, 3.05) is 11.9 Å². The van der Waals surface area contributed by atoms with E-state index in [0.717, 1.165) is 18.2 Å². The number of carbonyl (C=O) groups is 1. The van der Waals surface area contributed by atoms with Crippen LogP contribution in [0, 0.1) is 0 Å². The Hall–Kier alpha value is -0.310. The molecule has 76 valence electrons. The van der Waals surface area contributed by atoms with Gasteiger partial charge in [-0.15, -0.1) is 0 Å². The summed E-state index contributed by atoms with van der Waals surface area (Å²) in [4.78, 5) is 10.6. The molecule has 0 fully saturated rings. The number of esters is 1. The summed E-state index contributed by atoms with van der Waals surface area (Å²) in [6.45, 7) is 3.85. The van der Waals surface area contributed by atoms with E-state index in [-0.39, 0.29) is 5.97 Å². The Bertz CT molecular complexity index is 146. The molecule has 0 rings (SSSR count). The van der Waals surface area contributed by atoms with Gasteiger partial charge in [0.15, 0.2) is 0 Å². The molecule has 3 heteroatoms. The number of rotatable bonds is 8. The van der Waals surface area contributed by atoms with E-state index in [1.807, 2.05) is 0 Å². The van der Waals surface area contributed by atoms with Gasteiger partial charge < -0.3 is 4.74 Å². The summed E-state index contributed by atoms with van der Waals surface area (Å²) in [5.74, 6) is -0.319. The van der Waals surface area contributed by atoms with Crippen molar-refractivity contribution in [1.29, 1.82) is 0 Å². The fourth-order valence-corrected chi connectivity index (χ4v) is 1.36. The fraction of sp³-hybridized carbons (Fsp3) is 0.700. The van der Waals surface area contributed by atoms with Crippen molar-refractivity contribution in [1.82, 2.24) is 0 Å². The molecule has 0 bridgehead atoms. The van der Waals surface area contributed by atoms with Gasteiger partial charge in [0.2, 0.25) is 0 Å². The number of carbonyl (C=O) groups excluding carboxylic acids is 1. The lowest BCUT2D eigenvalue weighted by Gasteiger charge is -2.01. The lowest BCUT2D eigenvalue weighted by atomic mass is 10.2. The van der Waals surface area contributed by atoms with Gasteiger partial charge in [-0.3, -0.25) is 0 Å². The zero-order valence-corrected chi connectivity index (χ0v) is 9.51. The molecule has 0 aromatic carbocycles. The second-order valence-corrected chi connectivity index (χ2v) is 3.62. The van der Waals surface area contributed by atoms with E-state index >= 15 is 0 Å². The Labute approximate surface area is 88.5 Å². The van der Waals surface area contributed by atoms with Crippen molar-refractivity contribution in [2.45, 2.75) is 32.1 Å². The number of hydrogen-bond acceptors (Lipinski definition) is 2. The van der Waals surface area contributed by atoms with Gasteiger partial charge >= 0.3 is 5.97 Å². The van der Waals surface area contributed by atoms with Crippen molar-refractivity contribution < 1.29 is 9.53 Å². The minimum Gasteiger partial charge on any atom is -0.463 e. The Kier molecular flexibility index (Phi) is 9.54. The summed E-state index contributed by atoms with van der Waals surface area (Å²) >= 11 is 3.38. The van der Waals surface area contributed by atoms with Gasteiger partial charge in [-0.2, -0.15) is 0 Å². The number of unbranched alkanes of at least 4 members (excludes halogenated alkanes) is 4. The first-order chi connectivity index (χ1) is 6.31. The molecule has 0 aromatic heterocycles. The molecule has 0 aromatic rings. The minimum atomic E-state index is -0.319. The monoisotopic (exact) mass is 248 g/mol.